The highest BCUT2D eigenvalue weighted by molar-refractivity contribution is 5.94. The average Bonchev–Trinajstić information content (AvgIpc) is 3.36. The Morgan fingerprint density at radius 1 is 0.903 bits per heavy atom. The minimum Gasteiger partial charge on any atom is -0.496 e. The van der Waals surface area contributed by atoms with E-state index in [1.54, 1.807) is 7.11 Å². The molecule has 0 amide bonds. The third-order valence-corrected chi connectivity index (χ3v) is 6.06. The molecule has 3 aromatic carbocycles. The van der Waals surface area contributed by atoms with Crippen molar-refractivity contribution in [2.45, 2.75) is 6.04 Å². The number of fused-ring (bicyclic) bond motifs is 2. The Balaban J connectivity index is 1.82. The van der Waals surface area contributed by atoms with Gasteiger partial charge in [0, 0.05) is 11.6 Å². The predicted octanol–water partition coefficient (Wildman–Crippen LogP) is 5.83. The third kappa shape index (κ3) is 2.66. The number of aromatic nitrogens is 1. The van der Waals surface area contributed by atoms with Crippen molar-refractivity contribution >= 4 is 22.6 Å². The van der Waals surface area contributed by atoms with Gasteiger partial charge in [-0.15, -0.1) is 0 Å². The zero-order valence-corrected chi connectivity index (χ0v) is 17.0. The molecule has 1 unspecified atom stereocenters. The molecule has 5 rings (SSSR count). The summed E-state index contributed by atoms with van der Waals surface area (Å²) in [4.78, 5) is 0. The minimum absolute atomic E-state index is 0.474. The molecule has 0 bridgehead atoms. The van der Waals surface area contributed by atoms with Gasteiger partial charge in [0.05, 0.1) is 30.8 Å². The van der Waals surface area contributed by atoms with Crippen LogP contribution in [0.5, 0.6) is 5.75 Å². The molecule has 1 aliphatic carbocycles. The van der Waals surface area contributed by atoms with Gasteiger partial charge in [-0.25, -0.2) is 0 Å². The van der Waals surface area contributed by atoms with Crippen LogP contribution in [0.4, 0.5) is 0 Å². The van der Waals surface area contributed by atoms with Crippen LogP contribution in [0.25, 0.3) is 22.6 Å². The van der Waals surface area contributed by atoms with E-state index in [0.717, 1.165) is 38.9 Å². The Labute approximate surface area is 180 Å². The summed E-state index contributed by atoms with van der Waals surface area (Å²) >= 11 is 0. The lowest BCUT2D eigenvalue weighted by Crippen LogP contribution is -2.26. The molecule has 4 heteroatoms. The van der Waals surface area contributed by atoms with Crippen LogP contribution in [0.2, 0.25) is 0 Å². The van der Waals surface area contributed by atoms with E-state index in [2.05, 4.69) is 12.1 Å². The molecule has 0 fully saturated rings. The smallest absolute Gasteiger partial charge is 0.193 e. The first-order chi connectivity index (χ1) is 15.2. The van der Waals surface area contributed by atoms with E-state index >= 15 is 0 Å². The van der Waals surface area contributed by atoms with Gasteiger partial charge in [-0.1, -0.05) is 60.7 Å². The van der Waals surface area contributed by atoms with Crippen molar-refractivity contribution in [2.24, 2.45) is 5.41 Å². The van der Waals surface area contributed by atoms with Crippen LogP contribution in [0, 0.1) is 28.1 Å². The number of nitrogens with zero attached hydrogens (tertiary/aromatic N) is 3. The fraction of sp³-hybridized carbons (Fsp3) is 0.111. The van der Waals surface area contributed by atoms with Gasteiger partial charge in [-0.2, -0.15) is 10.5 Å². The van der Waals surface area contributed by atoms with Gasteiger partial charge >= 0.3 is 0 Å². The number of benzene rings is 3. The average molecular weight is 401 g/mol. The van der Waals surface area contributed by atoms with Crippen LogP contribution in [-0.4, -0.2) is 11.7 Å². The molecule has 1 heterocycles. The van der Waals surface area contributed by atoms with Crippen molar-refractivity contribution in [1.29, 1.82) is 10.5 Å². The maximum absolute atomic E-state index is 10.4. The van der Waals surface area contributed by atoms with Gasteiger partial charge < -0.3 is 9.30 Å². The molecular weight excluding hydrogens is 382 g/mol. The molecule has 0 aliphatic heterocycles. The largest absolute Gasteiger partial charge is 0.496 e. The lowest BCUT2D eigenvalue weighted by Gasteiger charge is -2.26. The Bertz CT molecular complexity index is 1390. The number of ether oxygens (including phenoxy) is 1. The fourth-order valence-corrected chi connectivity index (χ4v) is 4.67. The van der Waals surface area contributed by atoms with E-state index < -0.39 is 11.5 Å². The topological polar surface area (TPSA) is 61.7 Å². The molecule has 148 valence electrons. The minimum atomic E-state index is -1.37. The second-order valence-corrected chi connectivity index (χ2v) is 7.61. The molecule has 1 aromatic heterocycles. The van der Waals surface area contributed by atoms with E-state index in [-0.39, 0.29) is 0 Å². The highest BCUT2D eigenvalue weighted by Crippen LogP contribution is 2.56. The Hall–Kier alpha value is -4.28. The summed E-state index contributed by atoms with van der Waals surface area (Å²) in [6.07, 6.45) is 3.92. The third-order valence-electron chi connectivity index (χ3n) is 6.06. The van der Waals surface area contributed by atoms with Crippen LogP contribution < -0.4 is 4.74 Å². The van der Waals surface area contributed by atoms with Crippen LogP contribution in [0.3, 0.4) is 0 Å². The van der Waals surface area contributed by atoms with Crippen molar-refractivity contribution < 1.29 is 4.74 Å². The van der Waals surface area contributed by atoms with E-state index in [9.17, 15) is 10.5 Å². The molecule has 31 heavy (non-hydrogen) atoms. The van der Waals surface area contributed by atoms with Gasteiger partial charge in [0.15, 0.2) is 5.41 Å². The van der Waals surface area contributed by atoms with E-state index in [1.165, 1.54) is 0 Å². The van der Waals surface area contributed by atoms with Gasteiger partial charge in [0.2, 0.25) is 0 Å². The summed E-state index contributed by atoms with van der Waals surface area (Å²) < 4.78 is 7.56. The number of allylic oxidation sites excluding steroid dienone is 1. The van der Waals surface area contributed by atoms with Crippen LogP contribution in [0.1, 0.15) is 22.7 Å². The molecule has 1 atom stereocenters. The zero-order chi connectivity index (χ0) is 21.4. The molecular formula is C27H19N3O. The normalized spacial score (nSPS) is 17.8. The SMILES string of the molecule is COc1cccc2c1ccn2C1c2ccccc2/C(=C/c2ccccc2)C1(C#N)C#N. The van der Waals surface area contributed by atoms with E-state index in [0.29, 0.717) is 0 Å². The molecule has 0 radical (unpaired) electrons. The summed E-state index contributed by atoms with van der Waals surface area (Å²) in [7, 11) is 1.65. The Kier molecular flexibility index (Phi) is 4.35. The maximum atomic E-state index is 10.4. The van der Waals surface area contributed by atoms with Gasteiger partial charge in [-0.3, -0.25) is 0 Å². The summed E-state index contributed by atoms with van der Waals surface area (Å²) in [5.74, 6) is 0.766. The first-order valence-electron chi connectivity index (χ1n) is 10.1. The second kappa shape index (κ2) is 7.20. The van der Waals surface area contributed by atoms with Crippen LogP contribution >= 0.6 is 0 Å². The molecule has 0 N–H and O–H groups in total. The molecule has 0 saturated heterocycles. The summed E-state index contributed by atoms with van der Waals surface area (Å²) in [6, 6.07) is 29.9. The van der Waals surface area contributed by atoms with Crippen molar-refractivity contribution in [3.05, 3.63) is 102 Å². The molecule has 4 aromatic rings. The number of rotatable bonds is 3. The lowest BCUT2D eigenvalue weighted by molar-refractivity contribution is 0.419. The highest BCUT2D eigenvalue weighted by Gasteiger charge is 2.52. The van der Waals surface area contributed by atoms with Gasteiger partial charge in [0.25, 0.3) is 0 Å². The quantitative estimate of drug-likeness (QED) is 0.434. The predicted molar refractivity (Wildman–Crippen MR) is 121 cm³/mol. The maximum Gasteiger partial charge on any atom is 0.193 e. The van der Waals surface area contributed by atoms with Crippen LogP contribution in [0.15, 0.2) is 85.1 Å². The van der Waals surface area contributed by atoms with E-state index in [4.69, 9.17) is 4.74 Å². The highest BCUT2D eigenvalue weighted by atomic mass is 16.5. The monoisotopic (exact) mass is 401 g/mol. The number of hydrogen-bond donors (Lipinski definition) is 0. The fourth-order valence-electron chi connectivity index (χ4n) is 4.67. The number of hydrogen-bond acceptors (Lipinski definition) is 3. The van der Waals surface area contributed by atoms with Gasteiger partial charge in [-0.05, 0) is 46.5 Å². The zero-order valence-electron chi connectivity index (χ0n) is 17.0. The lowest BCUT2D eigenvalue weighted by atomic mass is 9.79. The summed E-state index contributed by atoms with van der Waals surface area (Å²) in [6.45, 7) is 0. The molecule has 4 nitrogen and oxygen atoms in total. The first kappa shape index (κ1) is 18.7. The van der Waals surface area contributed by atoms with Gasteiger partial charge in [0.1, 0.15) is 5.75 Å². The van der Waals surface area contributed by atoms with E-state index in [1.807, 2.05) is 95.7 Å². The second-order valence-electron chi connectivity index (χ2n) is 7.61. The Morgan fingerprint density at radius 3 is 2.39 bits per heavy atom. The molecule has 1 aliphatic rings. The molecule has 0 spiro atoms. The van der Waals surface area contributed by atoms with Crippen molar-refractivity contribution in [3.63, 3.8) is 0 Å². The van der Waals surface area contributed by atoms with Crippen molar-refractivity contribution in [2.75, 3.05) is 7.11 Å². The number of nitriles is 2. The Morgan fingerprint density at radius 2 is 1.65 bits per heavy atom. The summed E-state index contributed by atoms with van der Waals surface area (Å²) in [5.41, 5.74) is 3.15. The summed E-state index contributed by atoms with van der Waals surface area (Å²) in [5, 5.41) is 21.8. The number of methoxy groups -OCH3 is 1. The standard InChI is InChI=1S/C27H19N3O/c1-31-25-13-7-12-24-22(25)14-15-30(24)26-21-11-6-5-10-20(21)23(27(26,17-28)18-29)16-19-8-3-2-4-9-19/h2-16,26H,1H3/b23-16-. The molecule has 0 saturated carbocycles. The van der Waals surface area contributed by atoms with Crippen molar-refractivity contribution in [1.82, 2.24) is 4.57 Å². The van der Waals surface area contributed by atoms with Crippen molar-refractivity contribution in [3.8, 4) is 17.9 Å². The first-order valence-corrected chi connectivity index (χ1v) is 10.1. The van der Waals surface area contributed by atoms with Crippen LogP contribution in [-0.2, 0) is 0 Å².